The molecule has 1 atom stereocenters. The van der Waals surface area contributed by atoms with Crippen molar-refractivity contribution in [1.82, 2.24) is 0 Å². The van der Waals surface area contributed by atoms with E-state index >= 15 is 0 Å². The van der Waals surface area contributed by atoms with Crippen molar-refractivity contribution in [2.45, 2.75) is 19.2 Å². The van der Waals surface area contributed by atoms with Gasteiger partial charge in [0, 0.05) is 5.56 Å². The molecule has 0 aliphatic rings. The van der Waals surface area contributed by atoms with E-state index in [4.69, 9.17) is 21.1 Å². The largest absolute Gasteiger partial charge is 0.495 e. The second-order valence-corrected chi connectivity index (χ2v) is 6.16. The molecule has 2 nitrogen and oxygen atoms in total. The molecule has 1 unspecified atom stereocenters. The van der Waals surface area contributed by atoms with E-state index in [0.29, 0.717) is 5.75 Å². The molecule has 0 spiro atoms. The molecule has 0 fully saturated rings. The maximum absolute atomic E-state index is 6.72. The van der Waals surface area contributed by atoms with Crippen molar-refractivity contribution in [1.29, 1.82) is 0 Å². The minimum Gasteiger partial charge on any atom is -0.495 e. The zero-order valence-electron chi connectivity index (χ0n) is 12.5. The third kappa shape index (κ3) is 3.19. The summed E-state index contributed by atoms with van der Waals surface area (Å²) in [7, 11) is 3.26. The Balaban J connectivity index is 2.55. The molecular formula is C17H18BrClO2. The molecule has 2 rings (SSSR count). The summed E-state index contributed by atoms with van der Waals surface area (Å²) in [5.74, 6) is 1.43. The van der Waals surface area contributed by atoms with Crippen molar-refractivity contribution in [3.63, 3.8) is 0 Å². The summed E-state index contributed by atoms with van der Waals surface area (Å²) in [6.07, 6.45) is 0. The average Bonchev–Trinajstić information content (AvgIpc) is 2.48. The van der Waals surface area contributed by atoms with Gasteiger partial charge in [0.15, 0.2) is 0 Å². The molecule has 2 aromatic carbocycles. The SMILES string of the molecule is COc1ccc(C(Cl)c2cc(C)ccc2C)c(OC)c1Br. The van der Waals surface area contributed by atoms with Gasteiger partial charge in [-0.15, -0.1) is 11.6 Å². The van der Waals surface area contributed by atoms with Crippen molar-refractivity contribution in [2.75, 3.05) is 14.2 Å². The van der Waals surface area contributed by atoms with E-state index in [9.17, 15) is 0 Å². The highest BCUT2D eigenvalue weighted by Gasteiger charge is 2.21. The molecule has 0 aliphatic heterocycles. The fourth-order valence-corrected chi connectivity index (χ4v) is 3.41. The van der Waals surface area contributed by atoms with Gasteiger partial charge in [-0.1, -0.05) is 23.8 Å². The quantitative estimate of drug-likeness (QED) is 0.671. The molecule has 0 heterocycles. The van der Waals surface area contributed by atoms with E-state index < -0.39 is 0 Å². The molecule has 0 saturated carbocycles. The first-order valence-corrected chi connectivity index (χ1v) is 7.84. The van der Waals surface area contributed by atoms with Gasteiger partial charge >= 0.3 is 0 Å². The smallest absolute Gasteiger partial charge is 0.141 e. The number of hydrogen-bond donors (Lipinski definition) is 0. The monoisotopic (exact) mass is 368 g/mol. The average molecular weight is 370 g/mol. The van der Waals surface area contributed by atoms with Crippen LogP contribution in [0.5, 0.6) is 11.5 Å². The zero-order valence-corrected chi connectivity index (χ0v) is 14.9. The van der Waals surface area contributed by atoms with Crippen LogP contribution in [0.15, 0.2) is 34.8 Å². The van der Waals surface area contributed by atoms with Crippen LogP contribution >= 0.6 is 27.5 Å². The first-order valence-electron chi connectivity index (χ1n) is 6.61. The summed E-state index contributed by atoms with van der Waals surface area (Å²) < 4.78 is 11.6. The fraction of sp³-hybridized carbons (Fsp3) is 0.294. The minimum absolute atomic E-state index is 0.276. The van der Waals surface area contributed by atoms with Crippen molar-refractivity contribution in [3.05, 3.63) is 57.1 Å². The number of hydrogen-bond acceptors (Lipinski definition) is 2. The van der Waals surface area contributed by atoms with E-state index in [1.165, 1.54) is 5.56 Å². The summed E-state index contributed by atoms with van der Waals surface area (Å²) in [6.45, 7) is 4.13. The highest BCUT2D eigenvalue weighted by molar-refractivity contribution is 9.10. The highest BCUT2D eigenvalue weighted by Crippen LogP contribution is 2.44. The summed E-state index contributed by atoms with van der Waals surface area (Å²) in [6, 6.07) is 10.1. The second kappa shape index (κ2) is 6.71. The lowest BCUT2D eigenvalue weighted by molar-refractivity contribution is 0.386. The lowest BCUT2D eigenvalue weighted by atomic mass is 9.97. The molecule has 0 bridgehead atoms. The van der Waals surface area contributed by atoms with Gasteiger partial charge in [-0.3, -0.25) is 0 Å². The van der Waals surface area contributed by atoms with E-state index in [2.05, 4.69) is 48.0 Å². The van der Waals surface area contributed by atoms with E-state index in [0.717, 1.165) is 26.9 Å². The molecule has 21 heavy (non-hydrogen) atoms. The summed E-state index contributed by atoms with van der Waals surface area (Å²) in [4.78, 5) is 0. The Hall–Kier alpha value is -1.19. The molecule has 0 aliphatic carbocycles. The van der Waals surface area contributed by atoms with Crippen molar-refractivity contribution in [2.24, 2.45) is 0 Å². The molecule has 2 aromatic rings. The number of benzene rings is 2. The van der Waals surface area contributed by atoms with Crippen LogP contribution in [0.2, 0.25) is 0 Å². The van der Waals surface area contributed by atoms with Crippen LogP contribution in [0.25, 0.3) is 0 Å². The topological polar surface area (TPSA) is 18.5 Å². The molecule has 0 N–H and O–H groups in total. The van der Waals surface area contributed by atoms with Crippen LogP contribution in [0.1, 0.15) is 27.6 Å². The van der Waals surface area contributed by atoms with Gasteiger partial charge < -0.3 is 9.47 Å². The lowest BCUT2D eigenvalue weighted by Crippen LogP contribution is -2.01. The van der Waals surface area contributed by atoms with Gasteiger partial charge in [-0.05, 0) is 53.0 Å². The number of alkyl halides is 1. The van der Waals surface area contributed by atoms with Gasteiger partial charge in [-0.2, -0.15) is 0 Å². The summed E-state index contributed by atoms with van der Waals surface area (Å²) in [5.41, 5.74) is 4.36. The van der Waals surface area contributed by atoms with Crippen LogP contribution in [-0.4, -0.2) is 14.2 Å². The van der Waals surface area contributed by atoms with Crippen molar-refractivity contribution >= 4 is 27.5 Å². The molecule has 0 aromatic heterocycles. The fourth-order valence-electron chi connectivity index (χ4n) is 2.32. The van der Waals surface area contributed by atoms with Gasteiger partial charge in [0.2, 0.25) is 0 Å². The van der Waals surface area contributed by atoms with Crippen LogP contribution in [0.4, 0.5) is 0 Å². The summed E-state index contributed by atoms with van der Waals surface area (Å²) >= 11 is 10.2. The van der Waals surface area contributed by atoms with Crippen LogP contribution in [-0.2, 0) is 0 Å². The Morgan fingerprint density at radius 3 is 2.33 bits per heavy atom. The Morgan fingerprint density at radius 2 is 1.71 bits per heavy atom. The maximum Gasteiger partial charge on any atom is 0.141 e. The van der Waals surface area contributed by atoms with Crippen LogP contribution in [0.3, 0.4) is 0 Å². The first-order chi connectivity index (χ1) is 9.99. The van der Waals surface area contributed by atoms with E-state index in [-0.39, 0.29) is 5.38 Å². The van der Waals surface area contributed by atoms with Gasteiger partial charge in [0.1, 0.15) is 16.0 Å². The van der Waals surface area contributed by atoms with Crippen LogP contribution in [0, 0.1) is 13.8 Å². The molecular weight excluding hydrogens is 352 g/mol. The first kappa shape index (κ1) is 16.2. The predicted octanol–water partition coefficient (Wildman–Crippen LogP) is 5.41. The Bertz CT molecular complexity index is 655. The third-order valence-corrected chi connectivity index (χ3v) is 4.72. The second-order valence-electron chi connectivity index (χ2n) is 4.93. The van der Waals surface area contributed by atoms with Crippen molar-refractivity contribution in [3.8, 4) is 11.5 Å². The van der Waals surface area contributed by atoms with Crippen LogP contribution < -0.4 is 9.47 Å². The molecule has 112 valence electrons. The molecule has 0 saturated heterocycles. The highest BCUT2D eigenvalue weighted by atomic mass is 79.9. The third-order valence-electron chi connectivity index (χ3n) is 3.50. The number of rotatable bonds is 4. The minimum atomic E-state index is -0.276. The Kier molecular flexibility index (Phi) is 5.17. The Labute approximate surface area is 139 Å². The Morgan fingerprint density at radius 1 is 1.00 bits per heavy atom. The lowest BCUT2D eigenvalue weighted by Gasteiger charge is -2.19. The summed E-state index contributed by atoms with van der Waals surface area (Å²) in [5, 5.41) is -0.276. The normalized spacial score (nSPS) is 12.1. The number of ether oxygens (including phenoxy) is 2. The molecule has 4 heteroatoms. The number of methoxy groups -OCH3 is 2. The standard InChI is InChI=1S/C17H18BrClO2/c1-10-5-6-11(2)13(9-10)16(19)12-7-8-14(20-3)15(18)17(12)21-4/h5-9,16H,1-4H3. The van der Waals surface area contributed by atoms with Gasteiger partial charge in [0.05, 0.1) is 19.6 Å². The van der Waals surface area contributed by atoms with Gasteiger partial charge in [0.25, 0.3) is 0 Å². The molecule has 0 radical (unpaired) electrons. The van der Waals surface area contributed by atoms with E-state index in [1.807, 2.05) is 12.1 Å². The van der Waals surface area contributed by atoms with E-state index in [1.54, 1.807) is 14.2 Å². The maximum atomic E-state index is 6.72. The number of halogens is 2. The number of aryl methyl sites for hydroxylation is 2. The zero-order chi connectivity index (χ0) is 15.6. The molecule has 0 amide bonds. The van der Waals surface area contributed by atoms with Crippen molar-refractivity contribution < 1.29 is 9.47 Å². The predicted molar refractivity (Wildman–Crippen MR) is 90.9 cm³/mol. The van der Waals surface area contributed by atoms with Gasteiger partial charge in [-0.25, -0.2) is 0 Å².